The van der Waals surface area contributed by atoms with Gasteiger partial charge in [-0.3, -0.25) is 4.99 Å². The summed E-state index contributed by atoms with van der Waals surface area (Å²) in [6.07, 6.45) is 3.95. The molecule has 0 aliphatic carbocycles. The van der Waals surface area contributed by atoms with Crippen molar-refractivity contribution >= 4 is 46.2 Å². The lowest BCUT2D eigenvalue weighted by Gasteiger charge is -1.96. The van der Waals surface area contributed by atoms with Crippen molar-refractivity contribution in [1.29, 1.82) is 0 Å². The fraction of sp³-hybridized carbons (Fsp3) is 0.0625. The number of nitrogens with zero attached hydrogens (tertiary/aromatic N) is 1. The Hall–Kier alpha value is -1.71. The second-order valence-corrected chi connectivity index (χ2v) is 5.61. The smallest absolute Gasteiger partial charge is 0.0715 e. The summed E-state index contributed by atoms with van der Waals surface area (Å²) in [5.74, 6) is 0. The number of H-pyrrole nitrogens is 1. The molecule has 20 heavy (non-hydrogen) atoms. The SMILES string of the molecule is CSc1c(C=Nc2ccc(Cl)cc2)[nH]c2ccccc12. The number of aliphatic imine (C=N–C) groups is 1. The molecule has 0 spiro atoms. The monoisotopic (exact) mass is 300 g/mol. The summed E-state index contributed by atoms with van der Waals surface area (Å²) in [4.78, 5) is 9.11. The molecule has 0 atom stereocenters. The summed E-state index contributed by atoms with van der Waals surface area (Å²) in [5.41, 5.74) is 3.06. The van der Waals surface area contributed by atoms with Crippen LogP contribution >= 0.6 is 23.4 Å². The fourth-order valence-corrected chi connectivity index (χ4v) is 2.96. The standard InChI is InChI=1S/C16H13ClN2S/c1-20-16-13-4-2-3-5-14(13)19-15(16)10-18-12-8-6-11(17)7-9-12/h2-10,19H,1H3. The minimum atomic E-state index is 0.722. The number of rotatable bonds is 3. The minimum absolute atomic E-state index is 0.722. The molecule has 0 amide bonds. The quantitative estimate of drug-likeness (QED) is 0.516. The summed E-state index contributed by atoms with van der Waals surface area (Å²) in [7, 11) is 0. The molecule has 0 radical (unpaired) electrons. The maximum absolute atomic E-state index is 5.87. The van der Waals surface area contributed by atoms with Crippen LogP contribution in [0.4, 0.5) is 5.69 Å². The van der Waals surface area contributed by atoms with Gasteiger partial charge in [0, 0.05) is 20.8 Å². The Balaban J connectivity index is 1.99. The number of aromatic amines is 1. The zero-order chi connectivity index (χ0) is 13.9. The van der Waals surface area contributed by atoms with E-state index in [-0.39, 0.29) is 0 Å². The van der Waals surface area contributed by atoms with Crippen molar-refractivity contribution < 1.29 is 0 Å². The molecule has 0 aliphatic rings. The van der Waals surface area contributed by atoms with Gasteiger partial charge in [0.05, 0.1) is 17.6 Å². The minimum Gasteiger partial charge on any atom is -0.353 e. The van der Waals surface area contributed by atoms with Crippen molar-refractivity contribution in [3.8, 4) is 0 Å². The summed E-state index contributed by atoms with van der Waals surface area (Å²) < 4.78 is 0. The highest BCUT2D eigenvalue weighted by atomic mass is 35.5. The molecule has 1 heterocycles. The lowest BCUT2D eigenvalue weighted by molar-refractivity contribution is 1.36. The highest BCUT2D eigenvalue weighted by Crippen LogP contribution is 2.29. The van der Waals surface area contributed by atoms with Gasteiger partial charge in [-0.05, 0) is 36.6 Å². The van der Waals surface area contributed by atoms with Crippen LogP contribution in [0.2, 0.25) is 5.02 Å². The Labute approximate surface area is 126 Å². The number of aromatic nitrogens is 1. The molecule has 1 N–H and O–H groups in total. The molecule has 4 heteroatoms. The summed E-state index contributed by atoms with van der Waals surface area (Å²) in [6.45, 7) is 0. The van der Waals surface area contributed by atoms with Gasteiger partial charge in [0.2, 0.25) is 0 Å². The van der Waals surface area contributed by atoms with E-state index in [2.05, 4.69) is 34.4 Å². The molecule has 0 bridgehead atoms. The second-order valence-electron chi connectivity index (χ2n) is 4.35. The lowest BCUT2D eigenvalue weighted by atomic mass is 10.2. The van der Waals surface area contributed by atoms with E-state index in [9.17, 15) is 0 Å². The van der Waals surface area contributed by atoms with Crippen LogP contribution in [0.5, 0.6) is 0 Å². The van der Waals surface area contributed by atoms with Crippen molar-refractivity contribution in [1.82, 2.24) is 4.98 Å². The molecule has 0 aliphatic heterocycles. The highest BCUT2D eigenvalue weighted by molar-refractivity contribution is 7.99. The molecule has 100 valence electrons. The molecule has 2 nitrogen and oxygen atoms in total. The van der Waals surface area contributed by atoms with Gasteiger partial charge < -0.3 is 4.98 Å². The number of benzene rings is 2. The number of thioether (sulfide) groups is 1. The third-order valence-corrected chi connectivity index (χ3v) is 4.16. The van der Waals surface area contributed by atoms with Gasteiger partial charge in [-0.1, -0.05) is 29.8 Å². The van der Waals surface area contributed by atoms with Gasteiger partial charge in [-0.2, -0.15) is 0 Å². The van der Waals surface area contributed by atoms with Crippen molar-refractivity contribution in [2.24, 2.45) is 4.99 Å². The number of nitrogens with one attached hydrogen (secondary N) is 1. The average molecular weight is 301 g/mol. The predicted octanol–water partition coefficient (Wildman–Crippen LogP) is 5.29. The van der Waals surface area contributed by atoms with Crippen molar-refractivity contribution in [3.63, 3.8) is 0 Å². The number of halogens is 1. The Morgan fingerprint density at radius 2 is 1.85 bits per heavy atom. The van der Waals surface area contributed by atoms with Gasteiger partial charge in [0.15, 0.2) is 0 Å². The number of hydrogen-bond donors (Lipinski definition) is 1. The van der Waals surface area contributed by atoms with Crippen molar-refractivity contribution in [2.75, 3.05) is 6.26 Å². The molecule has 0 saturated carbocycles. The molecule has 0 fully saturated rings. The maximum atomic E-state index is 5.87. The van der Waals surface area contributed by atoms with Crippen LogP contribution in [0.15, 0.2) is 58.4 Å². The first-order valence-corrected chi connectivity index (χ1v) is 7.82. The molecular weight excluding hydrogens is 288 g/mol. The van der Waals surface area contributed by atoms with E-state index in [0.29, 0.717) is 0 Å². The van der Waals surface area contributed by atoms with Crippen LogP contribution in [0, 0.1) is 0 Å². The van der Waals surface area contributed by atoms with Crippen LogP contribution < -0.4 is 0 Å². The van der Waals surface area contributed by atoms with E-state index < -0.39 is 0 Å². The largest absolute Gasteiger partial charge is 0.353 e. The molecule has 0 saturated heterocycles. The predicted molar refractivity (Wildman–Crippen MR) is 88.8 cm³/mol. The Kier molecular flexibility index (Phi) is 3.81. The topological polar surface area (TPSA) is 28.1 Å². The van der Waals surface area contributed by atoms with Crippen LogP contribution in [-0.2, 0) is 0 Å². The second kappa shape index (κ2) is 5.73. The van der Waals surface area contributed by atoms with E-state index in [0.717, 1.165) is 21.9 Å². The van der Waals surface area contributed by atoms with Crippen LogP contribution in [0.25, 0.3) is 10.9 Å². The maximum Gasteiger partial charge on any atom is 0.0715 e. The average Bonchev–Trinajstić information content (AvgIpc) is 2.84. The zero-order valence-corrected chi connectivity index (χ0v) is 12.5. The van der Waals surface area contributed by atoms with E-state index in [4.69, 9.17) is 11.6 Å². The molecule has 3 aromatic rings. The summed E-state index contributed by atoms with van der Waals surface area (Å²) in [6, 6.07) is 15.8. The molecule has 2 aromatic carbocycles. The number of para-hydroxylation sites is 1. The first-order valence-electron chi connectivity index (χ1n) is 6.22. The van der Waals surface area contributed by atoms with E-state index in [1.54, 1.807) is 11.8 Å². The number of hydrogen-bond acceptors (Lipinski definition) is 2. The summed E-state index contributed by atoms with van der Waals surface area (Å²) in [5, 5.41) is 1.96. The Bertz CT molecular complexity index is 760. The van der Waals surface area contributed by atoms with Crippen LogP contribution in [0.3, 0.4) is 0 Å². The third kappa shape index (κ3) is 2.60. The molecule has 0 unspecified atom stereocenters. The van der Waals surface area contributed by atoms with Gasteiger partial charge in [-0.25, -0.2) is 0 Å². The normalized spacial score (nSPS) is 11.5. The van der Waals surface area contributed by atoms with E-state index in [1.807, 2.05) is 36.5 Å². The summed E-state index contributed by atoms with van der Waals surface area (Å²) >= 11 is 7.59. The van der Waals surface area contributed by atoms with Gasteiger partial charge in [-0.15, -0.1) is 11.8 Å². The fourth-order valence-electron chi connectivity index (χ4n) is 2.11. The first kappa shape index (κ1) is 13.3. The Morgan fingerprint density at radius 3 is 2.60 bits per heavy atom. The third-order valence-electron chi connectivity index (χ3n) is 3.06. The van der Waals surface area contributed by atoms with Crippen molar-refractivity contribution in [2.45, 2.75) is 4.90 Å². The lowest BCUT2D eigenvalue weighted by Crippen LogP contribution is -1.82. The molecule has 3 rings (SSSR count). The van der Waals surface area contributed by atoms with Gasteiger partial charge >= 0.3 is 0 Å². The molecule has 1 aromatic heterocycles. The zero-order valence-electron chi connectivity index (χ0n) is 10.9. The van der Waals surface area contributed by atoms with Crippen LogP contribution in [0.1, 0.15) is 5.69 Å². The van der Waals surface area contributed by atoms with Gasteiger partial charge in [0.1, 0.15) is 0 Å². The van der Waals surface area contributed by atoms with E-state index in [1.165, 1.54) is 10.3 Å². The Morgan fingerprint density at radius 1 is 1.10 bits per heavy atom. The van der Waals surface area contributed by atoms with Gasteiger partial charge in [0.25, 0.3) is 0 Å². The van der Waals surface area contributed by atoms with E-state index >= 15 is 0 Å². The highest BCUT2D eigenvalue weighted by Gasteiger charge is 2.07. The first-order chi connectivity index (χ1) is 9.78. The molecular formula is C16H13ClN2S. The number of fused-ring (bicyclic) bond motifs is 1. The van der Waals surface area contributed by atoms with Crippen molar-refractivity contribution in [3.05, 3.63) is 59.2 Å². The van der Waals surface area contributed by atoms with Crippen LogP contribution in [-0.4, -0.2) is 17.5 Å².